The zero-order valence-electron chi connectivity index (χ0n) is 8.75. The average molecular weight is 202 g/mol. The third kappa shape index (κ3) is 1.15. The minimum absolute atomic E-state index is 0.647. The number of aromatic amines is 1. The van der Waals surface area contributed by atoms with Gasteiger partial charge in [-0.05, 0) is 12.6 Å². The van der Waals surface area contributed by atoms with Crippen LogP contribution in [-0.4, -0.2) is 21.1 Å². The summed E-state index contributed by atoms with van der Waals surface area (Å²) in [6.07, 6.45) is 3.88. The van der Waals surface area contributed by atoms with E-state index in [0.29, 0.717) is 6.54 Å². The van der Waals surface area contributed by atoms with E-state index >= 15 is 0 Å². The summed E-state index contributed by atoms with van der Waals surface area (Å²) in [7, 11) is 2.07. The lowest BCUT2D eigenvalue weighted by molar-refractivity contribution is 0.842. The average Bonchev–Trinajstić information content (AvgIpc) is 2.80. The smallest absolute Gasteiger partial charge is 0.108 e. The molecule has 0 saturated heterocycles. The summed E-state index contributed by atoms with van der Waals surface area (Å²) >= 11 is 0. The van der Waals surface area contributed by atoms with Crippen LogP contribution < -0.4 is 5.73 Å². The quantitative estimate of drug-likeness (QED) is 0.646. The van der Waals surface area contributed by atoms with Crippen molar-refractivity contribution in [3.05, 3.63) is 29.5 Å². The largest absolute Gasteiger partial charge is 0.353 e. The SMILES string of the molecule is Cn1ccc2c1Cc1[nH]c(CCN)nc1-2. The lowest BCUT2D eigenvalue weighted by Crippen LogP contribution is -2.04. The van der Waals surface area contributed by atoms with Gasteiger partial charge in [-0.1, -0.05) is 0 Å². The van der Waals surface area contributed by atoms with E-state index in [-0.39, 0.29) is 0 Å². The maximum absolute atomic E-state index is 5.51. The van der Waals surface area contributed by atoms with Gasteiger partial charge >= 0.3 is 0 Å². The van der Waals surface area contributed by atoms with Crippen molar-refractivity contribution in [2.24, 2.45) is 12.8 Å². The first kappa shape index (κ1) is 8.73. The molecule has 0 amide bonds. The standard InChI is InChI=1S/C11H14N4/c1-15-5-3-7-9(15)6-8-11(7)14-10(13-8)2-4-12/h3,5H,2,4,6,12H2,1H3,(H,13,14). The fraction of sp³-hybridized carbons (Fsp3) is 0.364. The van der Waals surface area contributed by atoms with Gasteiger partial charge in [0, 0.05) is 43.0 Å². The van der Waals surface area contributed by atoms with Crippen LogP contribution in [0.25, 0.3) is 11.3 Å². The van der Waals surface area contributed by atoms with Crippen molar-refractivity contribution < 1.29 is 0 Å². The molecule has 3 rings (SSSR count). The van der Waals surface area contributed by atoms with Crippen LogP contribution in [0.5, 0.6) is 0 Å². The lowest BCUT2D eigenvalue weighted by atomic mass is 10.3. The van der Waals surface area contributed by atoms with E-state index in [1.807, 2.05) is 0 Å². The first-order valence-electron chi connectivity index (χ1n) is 5.22. The van der Waals surface area contributed by atoms with Crippen molar-refractivity contribution in [3.8, 4) is 11.3 Å². The van der Waals surface area contributed by atoms with E-state index in [1.54, 1.807) is 0 Å². The van der Waals surface area contributed by atoms with Gasteiger partial charge < -0.3 is 15.3 Å². The summed E-state index contributed by atoms with van der Waals surface area (Å²) in [6, 6.07) is 2.13. The zero-order valence-corrected chi connectivity index (χ0v) is 8.75. The van der Waals surface area contributed by atoms with Crippen molar-refractivity contribution >= 4 is 0 Å². The molecule has 0 spiro atoms. The maximum atomic E-state index is 5.51. The van der Waals surface area contributed by atoms with Gasteiger partial charge in [0.1, 0.15) is 5.82 Å². The number of imidazole rings is 1. The molecular weight excluding hydrogens is 188 g/mol. The minimum atomic E-state index is 0.647. The molecule has 15 heavy (non-hydrogen) atoms. The van der Waals surface area contributed by atoms with Crippen molar-refractivity contribution in [2.45, 2.75) is 12.8 Å². The van der Waals surface area contributed by atoms with Gasteiger partial charge in [-0.3, -0.25) is 0 Å². The predicted octanol–water partition coefficient (Wildman–Crippen LogP) is 0.821. The summed E-state index contributed by atoms with van der Waals surface area (Å²) in [4.78, 5) is 7.94. The van der Waals surface area contributed by atoms with Crippen LogP contribution in [0.15, 0.2) is 12.3 Å². The number of rotatable bonds is 2. The molecule has 2 aromatic rings. The van der Waals surface area contributed by atoms with Gasteiger partial charge in [-0.25, -0.2) is 4.98 Å². The minimum Gasteiger partial charge on any atom is -0.353 e. The van der Waals surface area contributed by atoms with Crippen LogP contribution >= 0.6 is 0 Å². The molecule has 2 heterocycles. The van der Waals surface area contributed by atoms with Crippen LogP contribution in [0.3, 0.4) is 0 Å². The number of hydrogen-bond acceptors (Lipinski definition) is 2. The van der Waals surface area contributed by atoms with Crippen LogP contribution in [0.4, 0.5) is 0 Å². The number of nitrogens with zero attached hydrogens (tertiary/aromatic N) is 2. The molecule has 1 aliphatic carbocycles. The van der Waals surface area contributed by atoms with Gasteiger partial charge in [-0.2, -0.15) is 0 Å². The van der Waals surface area contributed by atoms with E-state index in [1.165, 1.54) is 17.0 Å². The second-order valence-electron chi connectivity index (χ2n) is 4.01. The van der Waals surface area contributed by atoms with Gasteiger partial charge in [0.15, 0.2) is 0 Å². The molecular formula is C11H14N4. The summed E-state index contributed by atoms with van der Waals surface area (Å²) in [6.45, 7) is 0.647. The summed E-state index contributed by atoms with van der Waals surface area (Å²) in [5.41, 5.74) is 10.5. The number of hydrogen-bond donors (Lipinski definition) is 2. The molecule has 0 saturated carbocycles. The second-order valence-corrected chi connectivity index (χ2v) is 4.01. The summed E-state index contributed by atoms with van der Waals surface area (Å²) < 4.78 is 2.16. The number of fused-ring (bicyclic) bond motifs is 3. The van der Waals surface area contributed by atoms with Crippen molar-refractivity contribution in [3.63, 3.8) is 0 Å². The van der Waals surface area contributed by atoms with Crippen LogP contribution in [-0.2, 0) is 19.9 Å². The number of H-pyrrole nitrogens is 1. The van der Waals surface area contributed by atoms with Gasteiger partial charge in [-0.15, -0.1) is 0 Å². The zero-order chi connectivity index (χ0) is 10.4. The fourth-order valence-electron chi connectivity index (χ4n) is 2.24. The molecule has 0 radical (unpaired) electrons. The van der Waals surface area contributed by atoms with E-state index in [9.17, 15) is 0 Å². The Morgan fingerprint density at radius 3 is 3.27 bits per heavy atom. The summed E-state index contributed by atoms with van der Waals surface area (Å²) in [5, 5.41) is 0. The highest BCUT2D eigenvalue weighted by Crippen LogP contribution is 2.35. The molecule has 2 aromatic heterocycles. The van der Waals surface area contributed by atoms with Gasteiger partial charge in [0.05, 0.1) is 5.69 Å². The van der Waals surface area contributed by atoms with Crippen molar-refractivity contribution in [1.82, 2.24) is 14.5 Å². The number of aryl methyl sites for hydroxylation is 1. The van der Waals surface area contributed by atoms with Crippen molar-refractivity contribution in [1.29, 1.82) is 0 Å². The van der Waals surface area contributed by atoms with Crippen molar-refractivity contribution in [2.75, 3.05) is 6.54 Å². The number of nitrogens with two attached hydrogens (primary N) is 1. The van der Waals surface area contributed by atoms with E-state index < -0.39 is 0 Å². The monoisotopic (exact) mass is 202 g/mol. The Labute approximate surface area is 88.1 Å². The molecule has 4 nitrogen and oxygen atoms in total. The van der Waals surface area contributed by atoms with Crippen LogP contribution in [0.1, 0.15) is 17.2 Å². The molecule has 0 unspecified atom stereocenters. The topological polar surface area (TPSA) is 59.6 Å². The molecule has 3 N–H and O–H groups in total. The lowest BCUT2D eigenvalue weighted by Gasteiger charge is -1.98. The first-order chi connectivity index (χ1) is 7.29. The Kier molecular flexibility index (Phi) is 1.73. The number of nitrogens with one attached hydrogen (secondary N) is 1. The van der Waals surface area contributed by atoms with Crippen LogP contribution in [0, 0.1) is 0 Å². The fourth-order valence-corrected chi connectivity index (χ4v) is 2.24. The molecule has 0 bridgehead atoms. The van der Waals surface area contributed by atoms with Gasteiger partial charge in [0.25, 0.3) is 0 Å². The highest BCUT2D eigenvalue weighted by molar-refractivity contribution is 5.71. The first-order valence-corrected chi connectivity index (χ1v) is 5.22. The highest BCUT2D eigenvalue weighted by atomic mass is 15.0. The third-order valence-corrected chi connectivity index (χ3v) is 3.01. The normalized spacial score (nSPS) is 12.9. The molecule has 0 aromatic carbocycles. The van der Waals surface area contributed by atoms with E-state index in [4.69, 9.17) is 5.73 Å². The highest BCUT2D eigenvalue weighted by Gasteiger charge is 2.24. The third-order valence-electron chi connectivity index (χ3n) is 3.01. The van der Waals surface area contributed by atoms with Crippen LogP contribution in [0.2, 0.25) is 0 Å². The Morgan fingerprint density at radius 2 is 2.47 bits per heavy atom. The molecule has 0 atom stereocenters. The molecule has 0 aliphatic heterocycles. The molecule has 1 aliphatic rings. The Morgan fingerprint density at radius 1 is 1.60 bits per heavy atom. The van der Waals surface area contributed by atoms with Gasteiger partial charge in [0.2, 0.25) is 0 Å². The van der Waals surface area contributed by atoms with E-state index in [2.05, 4.69) is 33.8 Å². The maximum Gasteiger partial charge on any atom is 0.108 e. The Hall–Kier alpha value is -1.55. The second kappa shape index (κ2) is 2.97. The predicted molar refractivity (Wildman–Crippen MR) is 58.6 cm³/mol. The molecule has 4 heteroatoms. The Balaban J connectivity index is 2.07. The van der Waals surface area contributed by atoms with E-state index in [0.717, 1.165) is 24.4 Å². The molecule has 0 fully saturated rings. The number of aromatic nitrogens is 3. The summed E-state index contributed by atoms with van der Waals surface area (Å²) in [5.74, 6) is 1.01. The molecule has 78 valence electrons. The Bertz CT molecular complexity index is 507.